The van der Waals surface area contributed by atoms with E-state index in [1.807, 2.05) is 7.05 Å². The average Bonchev–Trinajstić information content (AvgIpc) is 3.02. The Morgan fingerprint density at radius 1 is 1.05 bits per heavy atom. The van der Waals surface area contributed by atoms with Crippen molar-refractivity contribution >= 4 is 21.7 Å². The Morgan fingerprint density at radius 3 is 2.40 bits per heavy atom. The first-order valence-electron chi connectivity index (χ1n) is 7.62. The first-order chi connectivity index (χ1) is 9.79. The number of nitrogens with zero attached hydrogens (tertiary/aromatic N) is 2. The van der Waals surface area contributed by atoms with Crippen LogP contribution in [0, 0.1) is 0 Å². The maximum Gasteiger partial charge on any atom is 0.144 e. The van der Waals surface area contributed by atoms with E-state index in [0.717, 1.165) is 42.2 Å². The minimum Gasteiger partial charge on any atom is -0.381 e. The summed E-state index contributed by atoms with van der Waals surface area (Å²) in [6.07, 6.45) is 7.23. The second-order valence-corrected chi connectivity index (χ2v) is 6.54. The molecule has 1 saturated carbocycles. The van der Waals surface area contributed by atoms with Crippen LogP contribution in [0.2, 0.25) is 0 Å². The third-order valence-electron chi connectivity index (χ3n) is 4.46. The van der Waals surface area contributed by atoms with Gasteiger partial charge in [-0.15, -0.1) is 0 Å². The van der Waals surface area contributed by atoms with Crippen LogP contribution in [0.15, 0.2) is 4.47 Å². The number of halogens is 1. The molecule has 3 rings (SSSR count). The van der Waals surface area contributed by atoms with E-state index in [4.69, 9.17) is 14.7 Å². The molecule has 2 fully saturated rings. The van der Waals surface area contributed by atoms with Crippen molar-refractivity contribution < 1.29 is 4.74 Å². The molecule has 110 valence electrons. The number of rotatable bonds is 3. The summed E-state index contributed by atoms with van der Waals surface area (Å²) in [5.74, 6) is 2.98. The Balaban J connectivity index is 1.95. The Hall–Kier alpha value is -0.680. The summed E-state index contributed by atoms with van der Waals surface area (Å²) in [5, 5.41) is 3.21. The molecule has 0 radical (unpaired) electrons. The highest BCUT2D eigenvalue weighted by Gasteiger charge is 2.26. The van der Waals surface area contributed by atoms with Crippen LogP contribution < -0.4 is 5.32 Å². The smallest absolute Gasteiger partial charge is 0.144 e. The molecule has 2 aliphatic rings. The number of anilines is 1. The van der Waals surface area contributed by atoms with Gasteiger partial charge in [-0.25, -0.2) is 9.97 Å². The van der Waals surface area contributed by atoms with E-state index in [0.29, 0.717) is 11.8 Å². The van der Waals surface area contributed by atoms with Gasteiger partial charge in [-0.2, -0.15) is 0 Å². The van der Waals surface area contributed by atoms with Gasteiger partial charge >= 0.3 is 0 Å². The predicted molar refractivity (Wildman–Crippen MR) is 83.3 cm³/mol. The zero-order valence-electron chi connectivity index (χ0n) is 12.0. The van der Waals surface area contributed by atoms with Crippen LogP contribution in [0.4, 0.5) is 5.82 Å². The molecule has 0 bridgehead atoms. The summed E-state index contributed by atoms with van der Waals surface area (Å²) in [7, 11) is 1.93. The van der Waals surface area contributed by atoms with Crippen molar-refractivity contribution in [2.24, 2.45) is 0 Å². The first kappa shape index (κ1) is 14.3. The van der Waals surface area contributed by atoms with Gasteiger partial charge in [-0.3, -0.25) is 0 Å². The molecule has 4 nitrogen and oxygen atoms in total. The average molecular weight is 340 g/mol. The largest absolute Gasteiger partial charge is 0.381 e. The van der Waals surface area contributed by atoms with Gasteiger partial charge < -0.3 is 10.1 Å². The summed E-state index contributed by atoms with van der Waals surface area (Å²) < 4.78 is 6.51. The van der Waals surface area contributed by atoms with Crippen LogP contribution >= 0.6 is 15.9 Å². The molecule has 0 amide bonds. The maximum atomic E-state index is 5.45. The fourth-order valence-electron chi connectivity index (χ4n) is 3.26. The molecule has 2 heterocycles. The minimum absolute atomic E-state index is 0.448. The Morgan fingerprint density at radius 2 is 1.75 bits per heavy atom. The van der Waals surface area contributed by atoms with Gasteiger partial charge in [0.25, 0.3) is 0 Å². The van der Waals surface area contributed by atoms with Crippen molar-refractivity contribution in [3.63, 3.8) is 0 Å². The summed E-state index contributed by atoms with van der Waals surface area (Å²) in [6, 6.07) is 0. The minimum atomic E-state index is 0.448. The van der Waals surface area contributed by atoms with Crippen molar-refractivity contribution in [1.82, 2.24) is 9.97 Å². The molecule has 0 aromatic carbocycles. The summed E-state index contributed by atoms with van der Waals surface area (Å²) in [4.78, 5) is 9.65. The Labute approximate surface area is 128 Å². The molecule has 1 aliphatic carbocycles. The Bertz CT molecular complexity index is 468. The zero-order chi connectivity index (χ0) is 13.9. The Kier molecular flexibility index (Phi) is 4.56. The zero-order valence-corrected chi connectivity index (χ0v) is 13.6. The van der Waals surface area contributed by atoms with Gasteiger partial charge in [0.05, 0.1) is 10.2 Å². The van der Waals surface area contributed by atoms with Gasteiger partial charge in [0.15, 0.2) is 0 Å². The molecule has 1 saturated heterocycles. The lowest BCUT2D eigenvalue weighted by atomic mass is 9.98. The van der Waals surface area contributed by atoms with Gasteiger partial charge in [-0.1, -0.05) is 12.8 Å². The molecular weight excluding hydrogens is 318 g/mol. The van der Waals surface area contributed by atoms with Crippen molar-refractivity contribution in [2.45, 2.75) is 50.4 Å². The summed E-state index contributed by atoms with van der Waals surface area (Å²) in [5.41, 5.74) is 1.21. The molecule has 1 N–H and O–H groups in total. The molecule has 20 heavy (non-hydrogen) atoms. The van der Waals surface area contributed by atoms with Crippen molar-refractivity contribution in [2.75, 3.05) is 25.6 Å². The van der Waals surface area contributed by atoms with Crippen molar-refractivity contribution in [3.8, 4) is 0 Å². The number of ether oxygens (including phenoxy) is 1. The van der Waals surface area contributed by atoms with Crippen LogP contribution in [0.5, 0.6) is 0 Å². The monoisotopic (exact) mass is 339 g/mol. The molecule has 1 aromatic rings. The second kappa shape index (κ2) is 6.39. The molecule has 0 unspecified atom stereocenters. The number of hydrogen-bond acceptors (Lipinski definition) is 4. The molecule has 0 atom stereocenters. The van der Waals surface area contributed by atoms with E-state index in [-0.39, 0.29) is 0 Å². The van der Waals surface area contributed by atoms with Crippen molar-refractivity contribution in [1.29, 1.82) is 0 Å². The van der Waals surface area contributed by atoms with Crippen LogP contribution in [-0.2, 0) is 4.74 Å². The highest BCUT2D eigenvalue weighted by Crippen LogP contribution is 2.39. The van der Waals surface area contributed by atoms with E-state index in [1.54, 1.807) is 0 Å². The maximum absolute atomic E-state index is 5.45. The lowest BCUT2D eigenvalue weighted by Gasteiger charge is -2.23. The van der Waals surface area contributed by atoms with Crippen LogP contribution in [0.25, 0.3) is 0 Å². The van der Waals surface area contributed by atoms with E-state index >= 15 is 0 Å². The van der Waals surface area contributed by atoms with Crippen LogP contribution in [0.3, 0.4) is 0 Å². The van der Waals surface area contributed by atoms with E-state index in [1.165, 1.54) is 31.4 Å². The topological polar surface area (TPSA) is 47.0 Å². The van der Waals surface area contributed by atoms with Gasteiger partial charge in [-0.05, 0) is 41.6 Å². The third-order valence-corrected chi connectivity index (χ3v) is 5.24. The quantitative estimate of drug-likeness (QED) is 0.908. The summed E-state index contributed by atoms with van der Waals surface area (Å²) >= 11 is 3.70. The molecule has 0 spiro atoms. The van der Waals surface area contributed by atoms with E-state index in [2.05, 4.69) is 21.2 Å². The molecule has 1 aromatic heterocycles. The SMILES string of the molecule is CNc1nc(C2CCOCC2)nc(C2CCCC2)c1Br. The first-order valence-corrected chi connectivity index (χ1v) is 8.41. The number of nitrogens with one attached hydrogen (secondary N) is 1. The highest BCUT2D eigenvalue weighted by molar-refractivity contribution is 9.10. The lowest BCUT2D eigenvalue weighted by Crippen LogP contribution is -2.18. The molecule has 5 heteroatoms. The number of aromatic nitrogens is 2. The highest BCUT2D eigenvalue weighted by atomic mass is 79.9. The number of hydrogen-bond donors (Lipinski definition) is 1. The van der Waals surface area contributed by atoms with Gasteiger partial charge in [0, 0.05) is 32.1 Å². The summed E-state index contributed by atoms with van der Waals surface area (Å²) in [6.45, 7) is 1.66. The third kappa shape index (κ3) is 2.84. The fourth-order valence-corrected chi connectivity index (χ4v) is 3.96. The standard InChI is InChI=1S/C15H22BrN3O/c1-17-15-12(16)13(10-4-2-3-5-10)18-14(19-15)11-6-8-20-9-7-11/h10-11H,2-9H2,1H3,(H,17,18,19). The van der Waals surface area contributed by atoms with Gasteiger partial charge in [0.2, 0.25) is 0 Å². The molecule has 1 aliphatic heterocycles. The normalized spacial score (nSPS) is 21.3. The predicted octanol–water partition coefficient (Wildman–Crippen LogP) is 3.83. The van der Waals surface area contributed by atoms with Crippen LogP contribution in [-0.4, -0.2) is 30.2 Å². The van der Waals surface area contributed by atoms with Crippen LogP contribution in [0.1, 0.15) is 61.9 Å². The second-order valence-electron chi connectivity index (χ2n) is 5.75. The molecular formula is C15H22BrN3O. The van der Waals surface area contributed by atoms with E-state index < -0.39 is 0 Å². The lowest BCUT2D eigenvalue weighted by molar-refractivity contribution is 0.0835. The van der Waals surface area contributed by atoms with E-state index in [9.17, 15) is 0 Å². The van der Waals surface area contributed by atoms with Crippen molar-refractivity contribution in [3.05, 3.63) is 16.0 Å². The fraction of sp³-hybridized carbons (Fsp3) is 0.733. The van der Waals surface area contributed by atoms with Gasteiger partial charge in [0.1, 0.15) is 11.6 Å².